The topological polar surface area (TPSA) is 69.4 Å². The highest BCUT2D eigenvalue weighted by Gasteiger charge is 2.18. The van der Waals surface area contributed by atoms with E-state index in [4.69, 9.17) is 4.74 Å². The smallest absolute Gasteiger partial charge is 0.283 e. The summed E-state index contributed by atoms with van der Waals surface area (Å²) >= 11 is 0. The van der Waals surface area contributed by atoms with E-state index in [1.165, 1.54) is 19.1 Å². The molecule has 0 N–H and O–H groups in total. The van der Waals surface area contributed by atoms with E-state index < -0.39 is 4.92 Å². The van der Waals surface area contributed by atoms with Crippen molar-refractivity contribution in [1.82, 2.24) is 0 Å². The van der Waals surface area contributed by atoms with E-state index in [2.05, 4.69) is 6.92 Å². The molecule has 1 aromatic rings. The van der Waals surface area contributed by atoms with Crippen molar-refractivity contribution < 1.29 is 14.5 Å². The van der Waals surface area contributed by atoms with E-state index in [-0.39, 0.29) is 17.0 Å². The number of rotatable bonds is 7. The van der Waals surface area contributed by atoms with Crippen LogP contribution in [0.1, 0.15) is 43.5 Å². The van der Waals surface area contributed by atoms with Crippen LogP contribution in [0.4, 0.5) is 5.69 Å². The monoisotopic (exact) mass is 251 g/mol. The van der Waals surface area contributed by atoms with E-state index in [0.29, 0.717) is 12.4 Å². The van der Waals surface area contributed by atoms with Gasteiger partial charge in [0.15, 0.2) is 5.78 Å². The number of nitro groups is 1. The van der Waals surface area contributed by atoms with Crippen molar-refractivity contribution in [3.05, 3.63) is 33.9 Å². The van der Waals surface area contributed by atoms with Gasteiger partial charge in [-0.05, 0) is 25.5 Å². The molecule has 0 aromatic heterocycles. The standard InChI is InChI=1S/C13H17NO4/c1-3-4-5-8-18-11-6-7-12(10(2)15)13(9-11)14(16)17/h6-7,9H,3-5,8H2,1-2H3. The number of hydrogen-bond donors (Lipinski definition) is 0. The summed E-state index contributed by atoms with van der Waals surface area (Å²) in [7, 11) is 0. The third kappa shape index (κ3) is 3.84. The SMILES string of the molecule is CCCCCOc1ccc(C(C)=O)c([N+](=O)[O-])c1. The molecule has 0 aliphatic rings. The highest BCUT2D eigenvalue weighted by atomic mass is 16.6. The Morgan fingerprint density at radius 1 is 1.39 bits per heavy atom. The van der Waals surface area contributed by atoms with Gasteiger partial charge in [0, 0.05) is 0 Å². The predicted octanol–water partition coefficient (Wildman–Crippen LogP) is 3.37. The maximum atomic E-state index is 11.2. The molecule has 0 unspecified atom stereocenters. The first-order chi connectivity index (χ1) is 8.56. The van der Waals surface area contributed by atoms with E-state index in [9.17, 15) is 14.9 Å². The van der Waals surface area contributed by atoms with Crippen molar-refractivity contribution in [3.63, 3.8) is 0 Å². The molecule has 1 rings (SSSR count). The van der Waals surface area contributed by atoms with Crippen LogP contribution in [0.3, 0.4) is 0 Å². The van der Waals surface area contributed by atoms with E-state index in [1.807, 2.05) is 0 Å². The van der Waals surface area contributed by atoms with Crippen molar-refractivity contribution in [1.29, 1.82) is 0 Å². The van der Waals surface area contributed by atoms with Crippen LogP contribution in [0.2, 0.25) is 0 Å². The molecule has 0 bridgehead atoms. The van der Waals surface area contributed by atoms with E-state index in [0.717, 1.165) is 19.3 Å². The minimum absolute atomic E-state index is 0.112. The molecular formula is C13H17NO4. The second-order valence-electron chi connectivity index (χ2n) is 4.05. The Hall–Kier alpha value is -1.91. The van der Waals surface area contributed by atoms with Gasteiger partial charge in [-0.2, -0.15) is 0 Å². The molecule has 5 heteroatoms. The summed E-state index contributed by atoms with van der Waals surface area (Å²) in [4.78, 5) is 21.5. The number of unbranched alkanes of at least 4 members (excludes halogenated alkanes) is 2. The molecule has 0 heterocycles. The van der Waals surface area contributed by atoms with Crippen LogP contribution in [0.15, 0.2) is 18.2 Å². The fraction of sp³-hybridized carbons (Fsp3) is 0.462. The van der Waals surface area contributed by atoms with Crippen LogP contribution in [0.25, 0.3) is 0 Å². The number of benzene rings is 1. The first kappa shape index (κ1) is 14.2. The quantitative estimate of drug-likeness (QED) is 0.322. The molecule has 0 radical (unpaired) electrons. The third-order valence-electron chi connectivity index (χ3n) is 2.56. The molecule has 0 aliphatic carbocycles. The van der Waals surface area contributed by atoms with Crippen molar-refractivity contribution in [2.24, 2.45) is 0 Å². The van der Waals surface area contributed by atoms with Gasteiger partial charge in [-0.1, -0.05) is 19.8 Å². The largest absolute Gasteiger partial charge is 0.493 e. The first-order valence-electron chi connectivity index (χ1n) is 5.98. The lowest BCUT2D eigenvalue weighted by molar-refractivity contribution is -0.385. The number of nitrogens with zero attached hydrogens (tertiary/aromatic N) is 1. The van der Waals surface area contributed by atoms with E-state index >= 15 is 0 Å². The Balaban J connectivity index is 2.80. The Kier molecular flexibility index (Phi) is 5.30. The highest BCUT2D eigenvalue weighted by molar-refractivity contribution is 5.98. The molecule has 0 atom stereocenters. The Bertz CT molecular complexity index is 443. The number of carbonyl (C=O) groups excluding carboxylic acids is 1. The Labute approximate surface area is 106 Å². The first-order valence-corrected chi connectivity index (χ1v) is 5.98. The maximum Gasteiger partial charge on any atom is 0.283 e. The van der Waals surface area contributed by atoms with Gasteiger partial charge >= 0.3 is 0 Å². The number of ether oxygens (including phenoxy) is 1. The summed E-state index contributed by atoms with van der Waals surface area (Å²) in [6.45, 7) is 3.93. The van der Waals surface area contributed by atoms with Crippen molar-refractivity contribution in [2.75, 3.05) is 6.61 Å². The van der Waals surface area contributed by atoms with Crippen LogP contribution < -0.4 is 4.74 Å². The summed E-state index contributed by atoms with van der Waals surface area (Å²) in [6, 6.07) is 4.34. The zero-order chi connectivity index (χ0) is 13.5. The van der Waals surface area contributed by atoms with Gasteiger partial charge < -0.3 is 4.74 Å². The Morgan fingerprint density at radius 3 is 2.67 bits per heavy atom. The third-order valence-corrected chi connectivity index (χ3v) is 2.56. The summed E-state index contributed by atoms with van der Waals surface area (Å²) in [5.41, 5.74) is -0.0867. The molecule has 18 heavy (non-hydrogen) atoms. The number of carbonyl (C=O) groups is 1. The van der Waals surface area contributed by atoms with Crippen molar-refractivity contribution in [3.8, 4) is 5.75 Å². The lowest BCUT2D eigenvalue weighted by Gasteiger charge is -2.06. The molecule has 0 aliphatic heterocycles. The lowest BCUT2D eigenvalue weighted by Crippen LogP contribution is -2.02. The molecule has 0 fully saturated rings. The van der Waals surface area contributed by atoms with Gasteiger partial charge in [-0.3, -0.25) is 14.9 Å². The number of Topliss-reactive ketones (excluding diaryl/α,β-unsaturated/α-hetero) is 1. The van der Waals surface area contributed by atoms with Gasteiger partial charge in [0.1, 0.15) is 5.75 Å². The lowest BCUT2D eigenvalue weighted by atomic mass is 10.1. The molecule has 98 valence electrons. The highest BCUT2D eigenvalue weighted by Crippen LogP contribution is 2.25. The average molecular weight is 251 g/mol. The molecule has 1 aromatic carbocycles. The fourth-order valence-corrected chi connectivity index (χ4v) is 1.59. The summed E-state index contributed by atoms with van der Waals surface area (Å²) < 4.78 is 5.42. The summed E-state index contributed by atoms with van der Waals surface area (Å²) in [5, 5.41) is 10.9. The molecule has 5 nitrogen and oxygen atoms in total. The second kappa shape index (κ2) is 6.74. The minimum atomic E-state index is -0.560. The van der Waals surface area contributed by atoms with Crippen LogP contribution in [-0.4, -0.2) is 17.3 Å². The van der Waals surface area contributed by atoms with Gasteiger partial charge in [0.05, 0.1) is 23.2 Å². The molecule has 0 saturated carbocycles. The van der Waals surface area contributed by atoms with Crippen LogP contribution in [0.5, 0.6) is 5.75 Å². The molecule has 0 amide bonds. The second-order valence-corrected chi connectivity index (χ2v) is 4.05. The number of hydrogen-bond acceptors (Lipinski definition) is 4. The van der Waals surface area contributed by atoms with Crippen LogP contribution >= 0.6 is 0 Å². The van der Waals surface area contributed by atoms with Gasteiger partial charge in [-0.25, -0.2) is 0 Å². The fourth-order valence-electron chi connectivity index (χ4n) is 1.59. The van der Waals surface area contributed by atoms with Crippen LogP contribution in [-0.2, 0) is 0 Å². The molecule has 0 saturated heterocycles. The number of ketones is 1. The zero-order valence-corrected chi connectivity index (χ0v) is 10.6. The number of nitro benzene ring substituents is 1. The van der Waals surface area contributed by atoms with Crippen molar-refractivity contribution >= 4 is 11.5 Å². The predicted molar refractivity (Wildman–Crippen MR) is 68.1 cm³/mol. The average Bonchev–Trinajstić information content (AvgIpc) is 2.34. The zero-order valence-electron chi connectivity index (χ0n) is 10.6. The molecule has 0 spiro atoms. The van der Waals surface area contributed by atoms with Gasteiger partial charge in [-0.15, -0.1) is 0 Å². The molecular weight excluding hydrogens is 234 g/mol. The van der Waals surface area contributed by atoms with Gasteiger partial charge in [0.2, 0.25) is 0 Å². The van der Waals surface area contributed by atoms with Crippen molar-refractivity contribution in [2.45, 2.75) is 33.1 Å². The Morgan fingerprint density at radius 2 is 2.11 bits per heavy atom. The maximum absolute atomic E-state index is 11.2. The summed E-state index contributed by atoms with van der Waals surface area (Å²) in [5.74, 6) is 0.113. The van der Waals surface area contributed by atoms with E-state index in [1.54, 1.807) is 6.07 Å². The van der Waals surface area contributed by atoms with Gasteiger partial charge in [0.25, 0.3) is 5.69 Å². The van der Waals surface area contributed by atoms with Crippen LogP contribution in [0, 0.1) is 10.1 Å². The minimum Gasteiger partial charge on any atom is -0.493 e. The summed E-state index contributed by atoms with van der Waals surface area (Å²) in [6.07, 6.45) is 3.07. The normalized spacial score (nSPS) is 10.1.